The van der Waals surface area contributed by atoms with Crippen LogP contribution in [0.15, 0.2) is 12.1 Å². The molecule has 0 radical (unpaired) electrons. The van der Waals surface area contributed by atoms with Crippen molar-refractivity contribution in [3.8, 4) is 17.2 Å². The molecule has 4 nitrogen and oxygen atoms in total. The molecule has 1 aliphatic heterocycles. The quantitative estimate of drug-likeness (QED) is 0.864. The summed E-state index contributed by atoms with van der Waals surface area (Å²) in [6, 6.07) is 3.98. The molecule has 1 fully saturated rings. The second-order valence-corrected chi connectivity index (χ2v) is 4.72. The first-order chi connectivity index (χ1) is 8.29. The van der Waals surface area contributed by atoms with E-state index < -0.39 is 0 Å². The molecule has 1 heterocycles. The van der Waals surface area contributed by atoms with Gasteiger partial charge in [-0.3, -0.25) is 0 Å². The van der Waals surface area contributed by atoms with Crippen LogP contribution in [-0.4, -0.2) is 20.4 Å². The Bertz CT molecular complexity index is 441. The van der Waals surface area contributed by atoms with E-state index in [4.69, 9.17) is 19.9 Å². The highest BCUT2D eigenvalue weighted by Crippen LogP contribution is 2.55. The minimum absolute atomic E-state index is 0.209. The van der Waals surface area contributed by atoms with E-state index in [-0.39, 0.29) is 5.41 Å². The van der Waals surface area contributed by atoms with Gasteiger partial charge >= 0.3 is 0 Å². The molecule has 0 amide bonds. The number of rotatable bonds is 4. The van der Waals surface area contributed by atoms with Crippen molar-refractivity contribution < 1.29 is 14.2 Å². The first-order valence-electron chi connectivity index (χ1n) is 5.97. The highest BCUT2D eigenvalue weighted by molar-refractivity contribution is 5.55. The first kappa shape index (κ1) is 10.7. The predicted molar refractivity (Wildman–Crippen MR) is 63.7 cm³/mol. The third-order valence-electron chi connectivity index (χ3n) is 3.74. The summed E-state index contributed by atoms with van der Waals surface area (Å²) < 4.78 is 16.3. The second-order valence-electron chi connectivity index (χ2n) is 4.72. The maximum atomic E-state index is 5.70. The largest absolute Gasteiger partial charge is 0.496 e. The monoisotopic (exact) mass is 235 g/mol. The zero-order chi connectivity index (χ0) is 11.9. The lowest BCUT2D eigenvalue weighted by Gasteiger charge is -2.18. The molecule has 0 aromatic heterocycles. The van der Waals surface area contributed by atoms with Gasteiger partial charge in [-0.2, -0.15) is 0 Å². The molecule has 0 atom stereocenters. The topological polar surface area (TPSA) is 53.7 Å². The smallest absolute Gasteiger partial charge is 0.231 e. The van der Waals surface area contributed by atoms with Crippen molar-refractivity contribution in [1.82, 2.24) is 0 Å². The SMILES string of the molecule is COc1cc2c(cc1C1(CCN)CC1)OCO2. The maximum Gasteiger partial charge on any atom is 0.231 e. The second kappa shape index (κ2) is 3.81. The molecule has 0 bridgehead atoms. The van der Waals surface area contributed by atoms with Crippen LogP contribution >= 0.6 is 0 Å². The summed E-state index contributed by atoms with van der Waals surface area (Å²) in [6.45, 7) is 1.00. The Morgan fingerprint density at radius 2 is 2.00 bits per heavy atom. The lowest BCUT2D eigenvalue weighted by atomic mass is 9.91. The summed E-state index contributed by atoms with van der Waals surface area (Å²) in [6.07, 6.45) is 3.36. The summed E-state index contributed by atoms with van der Waals surface area (Å²) in [4.78, 5) is 0. The molecule has 4 heteroatoms. The Kier molecular flexibility index (Phi) is 2.40. The van der Waals surface area contributed by atoms with Gasteiger partial charge in [-0.15, -0.1) is 0 Å². The van der Waals surface area contributed by atoms with Crippen molar-refractivity contribution in [2.24, 2.45) is 5.73 Å². The number of methoxy groups -OCH3 is 1. The average Bonchev–Trinajstić information content (AvgIpc) is 2.98. The number of benzene rings is 1. The molecule has 3 rings (SSSR count). The summed E-state index contributed by atoms with van der Waals surface area (Å²) >= 11 is 0. The normalized spacial score (nSPS) is 19.2. The Hall–Kier alpha value is -1.42. The zero-order valence-electron chi connectivity index (χ0n) is 9.99. The van der Waals surface area contributed by atoms with Crippen molar-refractivity contribution in [3.05, 3.63) is 17.7 Å². The van der Waals surface area contributed by atoms with E-state index in [9.17, 15) is 0 Å². The van der Waals surface area contributed by atoms with Crippen LogP contribution in [0.2, 0.25) is 0 Å². The van der Waals surface area contributed by atoms with Gasteiger partial charge < -0.3 is 19.9 Å². The Balaban J connectivity index is 2.03. The van der Waals surface area contributed by atoms with E-state index in [1.807, 2.05) is 6.07 Å². The van der Waals surface area contributed by atoms with Crippen LogP contribution in [0.5, 0.6) is 17.2 Å². The van der Waals surface area contributed by atoms with Gasteiger partial charge in [-0.05, 0) is 31.9 Å². The van der Waals surface area contributed by atoms with Crippen LogP contribution in [0.1, 0.15) is 24.8 Å². The minimum atomic E-state index is 0.209. The summed E-state index contributed by atoms with van der Waals surface area (Å²) in [5.74, 6) is 2.48. The van der Waals surface area contributed by atoms with Crippen molar-refractivity contribution in [2.75, 3.05) is 20.4 Å². The van der Waals surface area contributed by atoms with Crippen LogP contribution in [0.25, 0.3) is 0 Å². The molecule has 2 aliphatic rings. The Morgan fingerprint density at radius 1 is 1.29 bits per heavy atom. The minimum Gasteiger partial charge on any atom is -0.496 e. The number of nitrogens with two attached hydrogens (primary N) is 1. The van der Waals surface area contributed by atoms with Gasteiger partial charge in [0.1, 0.15) is 5.75 Å². The van der Waals surface area contributed by atoms with Crippen LogP contribution in [-0.2, 0) is 5.41 Å². The molecule has 2 N–H and O–H groups in total. The molecule has 0 unspecified atom stereocenters. The van der Waals surface area contributed by atoms with Gasteiger partial charge in [0.05, 0.1) is 7.11 Å². The van der Waals surface area contributed by atoms with Gasteiger partial charge in [-0.1, -0.05) is 0 Å². The fourth-order valence-electron chi connectivity index (χ4n) is 2.59. The van der Waals surface area contributed by atoms with Crippen LogP contribution in [0.4, 0.5) is 0 Å². The number of ether oxygens (including phenoxy) is 3. The molecule has 1 aromatic carbocycles. The molecule has 92 valence electrons. The van der Waals surface area contributed by atoms with Gasteiger partial charge in [0.15, 0.2) is 11.5 Å². The lowest BCUT2D eigenvalue weighted by molar-refractivity contribution is 0.174. The predicted octanol–water partition coefficient (Wildman–Crippen LogP) is 1.80. The zero-order valence-corrected chi connectivity index (χ0v) is 9.99. The van der Waals surface area contributed by atoms with Crippen molar-refractivity contribution in [2.45, 2.75) is 24.7 Å². The Labute approximate surface area is 101 Å². The standard InChI is InChI=1S/C13H17NO3/c1-15-10-7-12-11(16-8-17-12)6-9(10)13(2-3-13)4-5-14/h6-7H,2-5,8,14H2,1H3. The van der Waals surface area contributed by atoms with Crippen molar-refractivity contribution in [1.29, 1.82) is 0 Å². The summed E-state index contributed by atoms with van der Waals surface area (Å²) in [5, 5.41) is 0. The van der Waals surface area contributed by atoms with Gasteiger partial charge in [0, 0.05) is 17.0 Å². The highest BCUT2D eigenvalue weighted by Gasteiger charge is 2.46. The molecule has 1 aromatic rings. The summed E-state index contributed by atoms with van der Waals surface area (Å²) in [7, 11) is 1.69. The van der Waals surface area contributed by atoms with Gasteiger partial charge in [0.2, 0.25) is 6.79 Å². The first-order valence-corrected chi connectivity index (χ1v) is 5.97. The van der Waals surface area contributed by atoms with E-state index in [2.05, 4.69) is 6.07 Å². The van der Waals surface area contributed by atoms with Crippen LogP contribution in [0, 0.1) is 0 Å². The van der Waals surface area contributed by atoms with Crippen molar-refractivity contribution in [3.63, 3.8) is 0 Å². The van der Waals surface area contributed by atoms with E-state index in [1.165, 1.54) is 18.4 Å². The number of hydrogen-bond acceptors (Lipinski definition) is 4. The average molecular weight is 235 g/mol. The maximum absolute atomic E-state index is 5.70. The van der Waals surface area contributed by atoms with Crippen molar-refractivity contribution >= 4 is 0 Å². The van der Waals surface area contributed by atoms with Gasteiger partial charge in [-0.25, -0.2) is 0 Å². The molecule has 1 saturated carbocycles. The third-order valence-corrected chi connectivity index (χ3v) is 3.74. The highest BCUT2D eigenvalue weighted by atomic mass is 16.7. The molecular weight excluding hydrogens is 218 g/mol. The number of fused-ring (bicyclic) bond motifs is 1. The molecule has 0 spiro atoms. The number of hydrogen-bond donors (Lipinski definition) is 1. The fourth-order valence-corrected chi connectivity index (χ4v) is 2.59. The van der Waals surface area contributed by atoms with E-state index in [0.29, 0.717) is 13.3 Å². The lowest BCUT2D eigenvalue weighted by Crippen LogP contribution is -2.14. The molecule has 17 heavy (non-hydrogen) atoms. The molecular formula is C13H17NO3. The van der Waals surface area contributed by atoms with Crippen LogP contribution < -0.4 is 19.9 Å². The summed E-state index contributed by atoms with van der Waals surface area (Å²) in [5.41, 5.74) is 7.13. The Morgan fingerprint density at radius 3 is 2.59 bits per heavy atom. The third kappa shape index (κ3) is 1.63. The molecule has 1 aliphatic carbocycles. The van der Waals surface area contributed by atoms with E-state index in [1.54, 1.807) is 7.11 Å². The fraction of sp³-hybridized carbons (Fsp3) is 0.538. The van der Waals surface area contributed by atoms with E-state index >= 15 is 0 Å². The van der Waals surface area contributed by atoms with Crippen LogP contribution in [0.3, 0.4) is 0 Å². The molecule has 0 saturated heterocycles. The van der Waals surface area contributed by atoms with E-state index in [0.717, 1.165) is 23.7 Å². The van der Waals surface area contributed by atoms with Gasteiger partial charge in [0.25, 0.3) is 0 Å².